The van der Waals surface area contributed by atoms with Gasteiger partial charge in [-0.05, 0) is 57.3 Å². The predicted molar refractivity (Wildman–Crippen MR) is 147 cm³/mol. The Bertz CT molecular complexity index is 1470. The van der Waals surface area contributed by atoms with Gasteiger partial charge in [-0.3, -0.25) is 9.78 Å². The van der Waals surface area contributed by atoms with E-state index in [0.29, 0.717) is 35.8 Å². The number of likely N-dealkylation sites (tertiary alicyclic amines) is 1. The number of nitrogens with zero attached hydrogens (tertiary/aromatic N) is 5. The van der Waals surface area contributed by atoms with E-state index in [1.807, 2.05) is 6.92 Å². The van der Waals surface area contributed by atoms with E-state index in [4.69, 9.17) is 0 Å². The summed E-state index contributed by atoms with van der Waals surface area (Å²) in [4.78, 5) is 32.4. The first-order chi connectivity index (χ1) is 17.7. The topological polar surface area (TPSA) is 94.5 Å². The summed E-state index contributed by atoms with van der Waals surface area (Å²) in [6.07, 6.45) is 1.92. The molecule has 0 aliphatic carbocycles. The van der Waals surface area contributed by atoms with Crippen molar-refractivity contribution in [2.45, 2.75) is 38.5 Å². The molecule has 2 unspecified atom stereocenters. The molecule has 0 spiro atoms. The van der Waals surface area contributed by atoms with Crippen LogP contribution in [0, 0.1) is 6.92 Å². The van der Waals surface area contributed by atoms with E-state index in [-0.39, 0.29) is 11.9 Å². The summed E-state index contributed by atoms with van der Waals surface area (Å²) >= 11 is 1.76. The Hall–Kier alpha value is -3.40. The number of likely N-dealkylation sites (N-methyl/N-ethyl adjacent to an activating group) is 1. The summed E-state index contributed by atoms with van der Waals surface area (Å²) in [7, 11) is 5.85. The Kier molecular flexibility index (Phi) is 6.70. The van der Waals surface area contributed by atoms with Crippen LogP contribution in [0.15, 0.2) is 48.7 Å². The monoisotopic (exact) mass is 516 g/mol. The molecule has 0 bridgehead atoms. The minimum atomic E-state index is -1.63. The van der Waals surface area contributed by atoms with Crippen molar-refractivity contribution >= 4 is 34.0 Å². The predicted octanol–water partition coefficient (Wildman–Crippen LogP) is 4.35. The molecule has 1 saturated heterocycles. The number of aromatic nitrogens is 3. The fraction of sp³-hybridized carbons (Fsp3) is 0.357. The molecule has 37 heavy (non-hydrogen) atoms. The van der Waals surface area contributed by atoms with Crippen molar-refractivity contribution in [2.24, 2.45) is 0 Å². The van der Waals surface area contributed by atoms with Gasteiger partial charge in [0.25, 0.3) is 5.91 Å². The van der Waals surface area contributed by atoms with Gasteiger partial charge in [0.2, 0.25) is 0 Å². The number of nitrogens with one attached hydrogen (secondary N) is 1. The second kappa shape index (κ2) is 9.81. The summed E-state index contributed by atoms with van der Waals surface area (Å²) in [6.45, 7) is 5.32. The molecule has 2 atom stereocenters. The quantitative estimate of drug-likeness (QED) is 0.377. The van der Waals surface area contributed by atoms with Gasteiger partial charge >= 0.3 is 0 Å². The van der Waals surface area contributed by atoms with Crippen LogP contribution in [-0.4, -0.2) is 63.5 Å². The highest BCUT2D eigenvalue weighted by Crippen LogP contribution is 2.37. The van der Waals surface area contributed by atoms with Gasteiger partial charge in [0.15, 0.2) is 5.60 Å². The minimum Gasteiger partial charge on any atom is -0.374 e. The second-order valence-corrected chi connectivity index (χ2v) is 11.1. The highest BCUT2D eigenvalue weighted by Gasteiger charge is 2.46. The van der Waals surface area contributed by atoms with E-state index in [1.165, 1.54) is 25.8 Å². The number of thiophene rings is 1. The molecule has 2 N–H and O–H groups in total. The number of fused-ring (bicyclic) bond motifs is 1. The van der Waals surface area contributed by atoms with Gasteiger partial charge in [0.05, 0.1) is 23.4 Å². The fourth-order valence-electron chi connectivity index (χ4n) is 4.82. The Balaban J connectivity index is 1.46. The molecule has 1 aliphatic rings. The van der Waals surface area contributed by atoms with Gasteiger partial charge < -0.3 is 20.2 Å². The highest BCUT2D eigenvalue weighted by molar-refractivity contribution is 7.15. The average Bonchev–Trinajstić information content (AvgIpc) is 3.46. The lowest BCUT2D eigenvalue weighted by Gasteiger charge is -2.21. The number of anilines is 1. The molecule has 4 aromatic rings. The first-order valence-corrected chi connectivity index (χ1v) is 13.2. The van der Waals surface area contributed by atoms with Crippen LogP contribution < -0.4 is 5.32 Å². The molecular weight excluding hydrogens is 484 g/mol. The zero-order valence-electron chi connectivity index (χ0n) is 21.8. The Morgan fingerprint density at radius 2 is 2.00 bits per heavy atom. The average molecular weight is 517 g/mol. The van der Waals surface area contributed by atoms with Gasteiger partial charge in [0, 0.05) is 41.7 Å². The first-order valence-electron chi connectivity index (χ1n) is 12.4. The van der Waals surface area contributed by atoms with Gasteiger partial charge in [-0.25, -0.2) is 9.97 Å². The smallest absolute Gasteiger partial charge is 0.260 e. The Labute approximate surface area is 221 Å². The number of pyridine rings is 1. The molecule has 4 heterocycles. The second-order valence-electron chi connectivity index (χ2n) is 10.0. The van der Waals surface area contributed by atoms with Gasteiger partial charge in [-0.1, -0.05) is 24.3 Å². The summed E-state index contributed by atoms with van der Waals surface area (Å²) in [5, 5.41) is 15.4. The van der Waals surface area contributed by atoms with Crippen molar-refractivity contribution in [3.63, 3.8) is 0 Å². The van der Waals surface area contributed by atoms with Crippen LogP contribution in [0.2, 0.25) is 0 Å². The maximum atomic E-state index is 12.7. The standard InChI is InChI=1S/C28H32N6O2S/c1-17(23-10-11-24(37-23)20-9-7-6-8-19(20)16-33(3)4)30-26-21-14-25(28(36)12-13-34(5)27(28)35)29-15-22(21)31-18(2)32-26/h6-11,14-15,17,36H,12-13,16H2,1-5H3,(H,30,31,32). The molecule has 1 fully saturated rings. The lowest BCUT2D eigenvalue weighted by Crippen LogP contribution is -2.36. The molecule has 8 nitrogen and oxygen atoms in total. The largest absolute Gasteiger partial charge is 0.374 e. The molecule has 9 heteroatoms. The van der Waals surface area contributed by atoms with E-state index in [2.05, 4.69) is 82.6 Å². The molecule has 0 saturated carbocycles. The van der Waals surface area contributed by atoms with Crippen LogP contribution in [0.1, 0.15) is 41.3 Å². The van der Waals surface area contributed by atoms with Crippen molar-refractivity contribution in [1.29, 1.82) is 0 Å². The van der Waals surface area contributed by atoms with Crippen LogP contribution in [0.5, 0.6) is 0 Å². The maximum Gasteiger partial charge on any atom is 0.260 e. The molecular formula is C28H32N6O2S. The maximum absolute atomic E-state index is 12.7. The molecule has 5 rings (SSSR count). The number of benzene rings is 1. The van der Waals surface area contributed by atoms with Gasteiger partial charge in [0.1, 0.15) is 11.6 Å². The van der Waals surface area contributed by atoms with E-state index >= 15 is 0 Å². The molecule has 192 valence electrons. The van der Waals surface area contributed by atoms with Crippen molar-refractivity contribution in [2.75, 3.05) is 33.0 Å². The number of carbonyl (C=O) groups is 1. The van der Waals surface area contributed by atoms with Crippen molar-refractivity contribution in [3.05, 3.63) is 70.6 Å². The normalized spacial score (nSPS) is 18.7. The molecule has 0 radical (unpaired) electrons. The van der Waals surface area contributed by atoms with E-state index < -0.39 is 5.60 Å². The molecule has 3 aromatic heterocycles. The van der Waals surface area contributed by atoms with Crippen LogP contribution >= 0.6 is 11.3 Å². The Morgan fingerprint density at radius 3 is 2.73 bits per heavy atom. The summed E-state index contributed by atoms with van der Waals surface area (Å²) in [6, 6.07) is 14.6. The number of amides is 1. The third-order valence-corrected chi connectivity index (χ3v) is 8.10. The molecule has 1 aliphatic heterocycles. The first kappa shape index (κ1) is 25.3. The fourth-order valence-corrected chi connectivity index (χ4v) is 5.89. The van der Waals surface area contributed by atoms with Crippen molar-refractivity contribution in [1.82, 2.24) is 24.8 Å². The van der Waals surface area contributed by atoms with Crippen LogP contribution in [-0.2, 0) is 16.9 Å². The summed E-state index contributed by atoms with van der Waals surface area (Å²) in [5.41, 5.74) is 1.91. The van der Waals surface area contributed by atoms with Crippen LogP contribution in [0.4, 0.5) is 5.82 Å². The lowest BCUT2D eigenvalue weighted by atomic mass is 9.96. The third-order valence-electron chi connectivity index (χ3n) is 6.80. The van der Waals surface area contributed by atoms with Gasteiger partial charge in [-0.2, -0.15) is 0 Å². The Morgan fingerprint density at radius 1 is 1.22 bits per heavy atom. The lowest BCUT2D eigenvalue weighted by molar-refractivity contribution is -0.143. The molecule has 1 aromatic carbocycles. The van der Waals surface area contributed by atoms with Crippen LogP contribution in [0.25, 0.3) is 21.3 Å². The van der Waals surface area contributed by atoms with Crippen molar-refractivity contribution < 1.29 is 9.90 Å². The number of aliphatic hydroxyl groups is 1. The molecule has 1 amide bonds. The number of rotatable bonds is 7. The number of hydrogen-bond donors (Lipinski definition) is 2. The number of hydrogen-bond acceptors (Lipinski definition) is 8. The zero-order chi connectivity index (χ0) is 26.3. The summed E-state index contributed by atoms with van der Waals surface area (Å²) in [5.74, 6) is 0.941. The minimum absolute atomic E-state index is 0.0174. The van der Waals surface area contributed by atoms with Crippen molar-refractivity contribution in [3.8, 4) is 10.4 Å². The number of carbonyl (C=O) groups excluding carboxylic acids is 1. The zero-order valence-corrected chi connectivity index (χ0v) is 22.6. The van der Waals surface area contributed by atoms with E-state index in [0.717, 1.165) is 11.9 Å². The summed E-state index contributed by atoms with van der Waals surface area (Å²) < 4.78 is 0. The van der Waals surface area contributed by atoms with E-state index in [1.54, 1.807) is 30.6 Å². The van der Waals surface area contributed by atoms with E-state index in [9.17, 15) is 9.90 Å². The van der Waals surface area contributed by atoms with Crippen LogP contribution in [0.3, 0.4) is 0 Å². The SMILES string of the molecule is Cc1nc(NC(C)c2ccc(-c3ccccc3CN(C)C)s2)c2cc(C3(O)CCN(C)C3=O)ncc2n1. The van der Waals surface area contributed by atoms with Gasteiger partial charge in [-0.15, -0.1) is 11.3 Å². The third kappa shape index (κ3) is 4.82. The number of aryl methyl sites for hydroxylation is 1. The highest BCUT2D eigenvalue weighted by atomic mass is 32.1.